The van der Waals surface area contributed by atoms with Gasteiger partial charge in [-0.15, -0.1) is 24.2 Å². The van der Waals surface area contributed by atoms with Crippen LogP contribution in [0.3, 0.4) is 0 Å². The molecule has 38 heavy (non-hydrogen) atoms. The average Bonchev–Trinajstić information content (AvgIpc) is 3.37. The van der Waals surface area contributed by atoms with Gasteiger partial charge >= 0.3 is 5.97 Å². The Bertz CT molecular complexity index is 1230. The van der Waals surface area contributed by atoms with Crippen LogP contribution in [0.25, 0.3) is 0 Å². The van der Waals surface area contributed by atoms with E-state index in [2.05, 4.69) is 10.0 Å². The van der Waals surface area contributed by atoms with E-state index >= 15 is 0 Å². The molecule has 3 aliphatic heterocycles. The second kappa shape index (κ2) is 11.9. The molecular formula is C22H30ClN5O8S2. The van der Waals surface area contributed by atoms with E-state index < -0.39 is 33.1 Å². The van der Waals surface area contributed by atoms with Crippen LogP contribution >= 0.6 is 24.2 Å². The number of fused-ring (bicyclic) bond motifs is 1. The Morgan fingerprint density at radius 2 is 2.05 bits per heavy atom. The molecule has 2 saturated heterocycles. The highest BCUT2D eigenvalue weighted by Gasteiger charge is 2.60. The lowest BCUT2D eigenvalue weighted by molar-refractivity contribution is -0.384. The Kier molecular flexibility index (Phi) is 9.45. The molecule has 0 saturated carbocycles. The maximum Gasteiger partial charge on any atom is 0.356 e. The second-order valence-electron chi connectivity index (χ2n) is 9.44. The number of nitro groups is 1. The van der Waals surface area contributed by atoms with Crippen molar-refractivity contribution in [2.24, 2.45) is 17.0 Å². The number of rotatable bonds is 10. The van der Waals surface area contributed by atoms with Crippen LogP contribution in [0.1, 0.15) is 25.8 Å². The SMILES string of the molecule is C[C@@H](O)[C@H]1C(=O)N2C(C(=O)OCc3ccc([N+](=O)[O-])cc3)=C(S[C@@H]3CN[C@H](CNS(N)(=O)=O)C3)[C@H](C)[C@H]12.Cl. The van der Waals surface area contributed by atoms with Gasteiger partial charge in [0, 0.05) is 47.3 Å². The molecule has 1 amide bonds. The quantitative estimate of drug-likeness (QED) is 0.128. The number of nitrogens with one attached hydrogen (secondary N) is 2. The number of halogens is 1. The van der Waals surface area contributed by atoms with E-state index in [9.17, 15) is 33.2 Å². The first kappa shape index (κ1) is 30.3. The third-order valence-electron chi connectivity index (χ3n) is 6.83. The molecule has 1 aromatic rings. The molecule has 6 atom stereocenters. The number of carbonyl (C=O) groups is 2. The lowest BCUT2D eigenvalue weighted by atomic mass is 9.79. The van der Waals surface area contributed by atoms with Gasteiger partial charge in [0.1, 0.15) is 12.3 Å². The molecule has 0 aromatic heterocycles. The van der Waals surface area contributed by atoms with Crippen molar-refractivity contribution in [1.29, 1.82) is 0 Å². The molecule has 16 heteroatoms. The van der Waals surface area contributed by atoms with E-state index in [4.69, 9.17) is 9.88 Å². The Balaban J connectivity index is 0.00000400. The van der Waals surface area contributed by atoms with Gasteiger partial charge in [0.05, 0.1) is 23.0 Å². The molecule has 0 unspecified atom stereocenters. The van der Waals surface area contributed by atoms with Crippen LogP contribution in [0, 0.1) is 22.0 Å². The number of benzene rings is 1. The Hall–Kier alpha value is -2.27. The van der Waals surface area contributed by atoms with Crippen molar-refractivity contribution in [3.63, 3.8) is 0 Å². The molecule has 3 heterocycles. The zero-order chi connectivity index (χ0) is 27.1. The van der Waals surface area contributed by atoms with E-state index in [0.717, 1.165) is 0 Å². The number of aliphatic hydroxyl groups is 1. The lowest BCUT2D eigenvalue weighted by Crippen LogP contribution is -2.63. The second-order valence-corrected chi connectivity index (χ2v) is 12.2. The van der Waals surface area contributed by atoms with Crippen LogP contribution in [0.15, 0.2) is 34.9 Å². The first-order valence-corrected chi connectivity index (χ1v) is 14.1. The van der Waals surface area contributed by atoms with E-state index in [0.29, 0.717) is 23.4 Å². The van der Waals surface area contributed by atoms with Crippen molar-refractivity contribution >= 4 is 51.9 Å². The molecule has 5 N–H and O–H groups in total. The third kappa shape index (κ3) is 6.30. The van der Waals surface area contributed by atoms with Gasteiger partial charge in [-0.05, 0) is 31.0 Å². The normalized spacial score (nSPS) is 27.4. The number of nitrogens with two attached hydrogens (primary N) is 1. The number of hydrogen-bond donors (Lipinski definition) is 4. The summed E-state index contributed by atoms with van der Waals surface area (Å²) in [5.74, 6) is -1.87. The predicted molar refractivity (Wildman–Crippen MR) is 141 cm³/mol. The van der Waals surface area contributed by atoms with Crippen LogP contribution in [-0.2, 0) is 31.1 Å². The summed E-state index contributed by atoms with van der Waals surface area (Å²) in [7, 11) is -3.81. The number of carbonyl (C=O) groups excluding carboxylic acids is 2. The number of nitro benzene ring substituents is 1. The maximum atomic E-state index is 13.2. The topological polar surface area (TPSA) is 194 Å². The van der Waals surface area contributed by atoms with Crippen LogP contribution in [0.2, 0.25) is 0 Å². The van der Waals surface area contributed by atoms with Crippen molar-refractivity contribution in [3.05, 3.63) is 50.5 Å². The standard InChI is InChI=1S/C22H29N5O8S2.ClH/c1-11-18-17(12(2)28)21(29)26(18)19(22(30)35-10-13-3-5-15(6-4-13)27(31)32)20(11)36-16-7-14(24-9-16)8-25-37(23,33)34;/h3-6,11-12,14,16-18,24-25,28H,7-10H2,1-2H3,(H2,23,33,34);1H/t11-,12-,14+,16+,17-,18-;/m1./s1. The Labute approximate surface area is 230 Å². The fourth-order valence-corrected chi connectivity index (χ4v) is 6.97. The summed E-state index contributed by atoms with van der Waals surface area (Å²) in [4.78, 5) is 38.6. The van der Waals surface area contributed by atoms with Gasteiger partial charge in [-0.2, -0.15) is 8.42 Å². The molecule has 0 aliphatic carbocycles. The molecule has 4 rings (SSSR count). The van der Waals surface area contributed by atoms with E-state index in [1.54, 1.807) is 6.92 Å². The molecule has 1 aromatic carbocycles. The van der Waals surface area contributed by atoms with E-state index in [-0.39, 0.29) is 66.1 Å². The molecule has 2 fully saturated rings. The molecule has 13 nitrogen and oxygen atoms in total. The van der Waals surface area contributed by atoms with Gasteiger partial charge in [0.15, 0.2) is 0 Å². The van der Waals surface area contributed by atoms with Gasteiger partial charge in [-0.3, -0.25) is 14.9 Å². The Morgan fingerprint density at radius 1 is 1.39 bits per heavy atom. The summed E-state index contributed by atoms with van der Waals surface area (Å²) >= 11 is 1.44. The van der Waals surface area contributed by atoms with E-state index in [1.807, 2.05) is 6.92 Å². The van der Waals surface area contributed by atoms with E-state index in [1.165, 1.54) is 40.9 Å². The van der Waals surface area contributed by atoms with Gasteiger partial charge < -0.3 is 20.1 Å². The highest BCUT2D eigenvalue weighted by molar-refractivity contribution is 8.03. The van der Waals surface area contributed by atoms with Crippen molar-refractivity contribution in [3.8, 4) is 0 Å². The fourth-order valence-electron chi connectivity index (χ4n) is 5.02. The van der Waals surface area contributed by atoms with Crippen LogP contribution in [0.5, 0.6) is 0 Å². The van der Waals surface area contributed by atoms with Crippen molar-refractivity contribution in [1.82, 2.24) is 14.9 Å². The summed E-state index contributed by atoms with van der Waals surface area (Å²) in [5.41, 5.74) is 0.623. The molecule has 0 spiro atoms. The average molecular weight is 592 g/mol. The molecule has 210 valence electrons. The number of thioether (sulfide) groups is 1. The number of esters is 1. The zero-order valence-electron chi connectivity index (χ0n) is 20.6. The zero-order valence-corrected chi connectivity index (χ0v) is 23.1. The minimum absolute atomic E-state index is 0. The molecule has 0 bridgehead atoms. The lowest BCUT2D eigenvalue weighted by Gasteiger charge is -2.46. The van der Waals surface area contributed by atoms with Crippen molar-refractivity contribution in [2.75, 3.05) is 13.1 Å². The van der Waals surface area contributed by atoms with Gasteiger partial charge in [0.2, 0.25) is 5.91 Å². The molecule has 0 radical (unpaired) electrons. The number of nitrogens with zero attached hydrogens (tertiary/aromatic N) is 2. The number of hydrogen-bond acceptors (Lipinski definition) is 10. The summed E-state index contributed by atoms with van der Waals surface area (Å²) < 4.78 is 30.2. The van der Waals surface area contributed by atoms with Crippen LogP contribution in [0.4, 0.5) is 5.69 Å². The highest BCUT2D eigenvalue weighted by atomic mass is 35.5. The summed E-state index contributed by atoms with van der Waals surface area (Å²) in [6, 6.07) is 5.11. The van der Waals surface area contributed by atoms with Gasteiger partial charge in [-0.25, -0.2) is 14.7 Å². The number of aliphatic hydroxyl groups excluding tert-OH is 1. The maximum absolute atomic E-state index is 13.2. The number of amides is 1. The highest BCUT2D eigenvalue weighted by Crippen LogP contribution is 2.52. The largest absolute Gasteiger partial charge is 0.456 e. The monoisotopic (exact) mass is 591 g/mol. The van der Waals surface area contributed by atoms with Gasteiger partial charge in [-0.1, -0.05) is 6.92 Å². The number of β-lactam (4-membered cyclic amide) rings is 1. The fraction of sp³-hybridized carbons (Fsp3) is 0.545. The first-order valence-electron chi connectivity index (χ1n) is 11.7. The molecular weight excluding hydrogens is 562 g/mol. The summed E-state index contributed by atoms with van der Waals surface area (Å²) in [5, 5.41) is 29.3. The Morgan fingerprint density at radius 3 is 2.63 bits per heavy atom. The third-order valence-corrected chi connectivity index (χ3v) is 8.91. The van der Waals surface area contributed by atoms with Gasteiger partial charge in [0.25, 0.3) is 15.9 Å². The summed E-state index contributed by atoms with van der Waals surface area (Å²) in [6.07, 6.45) is -0.271. The first-order chi connectivity index (χ1) is 17.4. The van der Waals surface area contributed by atoms with Crippen molar-refractivity contribution in [2.45, 2.75) is 50.3 Å². The minimum Gasteiger partial charge on any atom is -0.456 e. The number of non-ortho nitro benzene ring substituents is 1. The minimum atomic E-state index is -3.81. The van der Waals surface area contributed by atoms with Crippen LogP contribution in [-0.4, -0.2) is 71.8 Å². The molecule has 3 aliphatic rings. The van der Waals surface area contributed by atoms with Crippen molar-refractivity contribution < 1.29 is 32.8 Å². The smallest absolute Gasteiger partial charge is 0.356 e. The van der Waals surface area contributed by atoms with Crippen LogP contribution < -0.4 is 15.2 Å². The number of ether oxygens (including phenoxy) is 1. The summed E-state index contributed by atoms with van der Waals surface area (Å²) in [6.45, 7) is 4.01. The predicted octanol–water partition coefficient (Wildman–Crippen LogP) is 0.386.